The zero-order chi connectivity index (χ0) is 20.2. The zero-order valence-corrected chi connectivity index (χ0v) is 16.4. The van der Waals surface area contributed by atoms with E-state index in [1.165, 1.54) is 12.2 Å². The fraction of sp³-hybridized carbons (Fsp3) is 0.579. The van der Waals surface area contributed by atoms with E-state index in [4.69, 9.17) is 15.2 Å². The van der Waals surface area contributed by atoms with Crippen molar-refractivity contribution in [2.45, 2.75) is 58.6 Å². The normalized spacial score (nSPS) is 13.1. The summed E-state index contributed by atoms with van der Waals surface area (Å²) in [5, 5.41) is 5.45. The highest BCUT2D eigenvalue weighted by molar-refractivity contribution is 5.68. The van der Waals surface area contributed by atoms with Gasteiger partial charge in [-0.15, -0.1) is 0 Å². The highest BCUT2D eigenvalue weighted by Gasteiger charge is 2.17. The molecule has 0 saturated carbocycles. The van der Waals surface area contributed by atoms with Gasteiger partial charge in [0.2, 0.25) is 0 Å². The van der Waals surface area contributed by atoms with Crippen molar-refractivity contribution in [3.05, 3.63) is 36.6 Å². The molecule has 0 rings (SSSR count). The van der Waals surface area contributed by atoms with E-state index < -0.39 is 17.8 Å². The first-order chi connectivity index (χ1) is 12.1. The topological polar surface area (TPSA) is 103 Å². The van der Waals surface area contributed by atoms with Crippen molar-refractivity contribution in [1.82, 2.24) is 10.6 Å². The van der Waals surface area contributed by atoms with E-state index in [1.807, 2.05) is 27.7 Å². The van der Waals surface area contributed by atoms with Crippen LogP contribution in [0.25, 0.3) is 0 Å². The fourth-order valence-electron chi connectivity index (χ4n) is 1.93. The lowest BCUT2D eigenvalue weighted by Gasteiger charge is -2.21. The molecule has 0 saturated heterocycles. The number of hydrogen-bond donors (Lipinski definition) is 3. The van der Waals surface area contributed by atoms with Crippen molar-refractivity contribution in [1.29, 1.82) is 0 Å². The van der Waals surface area contributed by atoms with Gasteiger partial charge in [0, 0.05) is 23.9 Å². The molecule has 4 N–H and O–H groups in total. The number of carbonyl (C=O) groups is 2. The molecule has 0 aliphatic heterocycles. The van der Waals surface area contributed by atoms with Gasteiger partial charge in [0.25, 0.3) is 0 Å². The molecule has 1 unspecified atom stereocenters. The lowest BCUT2D eigenvalue weighted by molar-refractivity contribution is 0.0506. The highest BCUT2D eigenvalue weighted by Crippen LogP contribution is 2.08. The minimum Gasteiger partial charge on any atom is -0.445 e. The molecule has 148 valence electrons. The SMILES string of the molecule is C=C/C(N)=C(\C=C)COC(=O)NCCCCC(C)NC(=O)OC(C)(C)C. The summed E-state index contributed by atoms with van der Waals surface area (Å²) in [6, 6.07) is -0.000957. The number of carbonyl (C=O) groups excluding carboxylic acids is 2. The van der Waals surface area contributed by atoms with Crippen LogP contribution in [0, 0.1) is 0 Å². The van der Waals surface area contributed by atoms with Crippen LogP contribution in [-0.4, -0.2) is 37.0 Å². The number of ether oxygens (including phenoxy) is 2. The summed E-state index contributed by atoms with van der Waals surface area (Å²) < 4.78 is 10.3. The van der Waals surface area contributed by atoms with E-state index in [-0.39, 0.29) is 12.6 Å². The Kier molecular flexibility index (Phi) is 10.9. The molecule has 26 heavy (non-hydrogen) atoms. The Morgan fingerprint density at radius 3 is 2.35 bits per heavy atom. The number of rotatable bonds is 10. The van der Waals surface area contributed by atoms with Crippen LogP contribution in [0.5, 0.6) is 0 Å². The van der Waals surface area contributed by atoms with Gasteiger partial charge in [-0.1, -0.05) is 19.2 Å². The predicted octanol–water partition coefficient (Wildman–Crippen LogP) is 3.38. The van der Waals surface area contributed by atoms with E-state index in [2.05, 4.69) is 23.8 Å². The molecule has 0 aromatic carbocycles. The molecule has 0 radical (unpaired) electrons. The van der Waals surface area contributed by atoms with E-state index in [1.54, 1.807) is 0 Å². The Balaban J connectivity index is 3.89. The molecule has 0 aromatic heterocycles. The van der Waals surface area contributed by atoms with Crippen LogP contribution in [0.2, 0.25) is 0 Å². The molecule has 0 heterocycles. The van der Waals surface area contributed by atoms with Gasteiger partial charge in [-0.3, -0.25) is 0 Å². The Morgan fingerprint density at radius 1 is 1.15 bits per heavy atom. The number of unbranched alkanes of at least 4 members (excludes halogenated alkanes) is 1. The van der Waals surface area contributed by atoms with Crippen molar-refractivity contribution >= 4 is 12.2 Å². The summed E-state index contributed by atoms with van der Waals surface area (Å²) >= 11 is 0. The molecule has 2 amide bonds. The third-order valence-electron chi connectivity index (χ3n) is 3.29. The van der Waals surface area contributed by atoms with Gasteiger partial charge in [0.1, 0.15) is 12.2 Å². The zero-order valence-electron chi connectivity index (χ0n) is 16.4. The number of nitrogens with one attached hydrogen (secondary N) is 2. The van der Waals surface area contributed by atoms with Crippen LogP contribution in [0.4, 0.5) is 9.59 Å². The summed E-state index contributed by atoms with van der Waals surface area (Å²) in [4.78, 5) is 23.3. The Morgan fingerprint density at radius 2 is 1.81 bits per heavy atom. The third-order valence-corrected chi connectivity index (χ3v) is 3.29. The van der Waals surface area contributed by atoms with Gasteiger partial charge >= 0.3 is 12.2 Å². The molecule has 0 bridgehead atoms. The second-order valence-corrected chi connectivity index (χ2v) is 6.93. The third kappa shape index (κ3) is 12.0. The van der Waals surface area contributed by atoms with Crippen LogP contribution in [0.15, 0.2) is 36.6 Å². The van der Waals surface area contributed by atoms with Crippen molar-refractivity contribution in [2.24, 2.45) is 5.73 Å². The smallest absolute Gasteiger partial charge is 0.407 e. The Labute approximate surface area is 156 Å². The Bertz CT molecular complexity index is 521. The monoisotopic (exact) mass is 367 g/mol. The fourth-order valence-corrected chi connectivity index (χ4v) is 1.93. The average molecular weight is 367 g/mol. The second kappa shape index (κ2) is 12.0. The number of allylic oxidation sites excluding steroid dienone is 1. The van der Waals surface area contributed by atoms with Crippen LogP contribution >= 0.6 is 0 Å². The molecular formula is C19H33N3O4. The molecule has 7 heteroatoms. The van der Waals surface area contributed by atoms with E-state index in [9.17, 15) is 9.59 Å². The summed E-state index contributed by atoms with van der Waals surface area (Å²) in [6.45, 7) is 15.1. The van der Waals surface area contributed by atoms with Crippen LogP contribution in [-0.2, 0) is 9.47 Å². The highest BCUT2D eigenvalue weighted by atomic mass is 16.6. The van der Waals surface area contributed by atoms with Gasteiger partial charge in [0.15, 0.2) is 0 Å². The largest absolute Gasteiger partial charge is 0.445 e. The van der Waals surface area contributed by atoms with Crippen LogP contribution in [0.3, 0.4) is 0 Å². The van der Waals surface area contributed by atoms with Gasteiger partial charge < -0.3 is 25.8 Å². The second-order valence-electron chi connectivity index (χ2n) is 6.93. The molecule has 0 fully saturated rings. The maximum Gasteiger partial charge on any atom is 0.407 e. The molecule has 1 atom stereocenters. The van der Waals surface area contributed by atoms with Crippen molar-refractivity contribution in [3.63, 3.8) is 0 Å². The van der Waals surface area contributed by atoms with Gasteiger partial charge in [-0.2, -0.15) is 0 Å². The first-order valence-electron chi connectivity index (χ1n) is 8.72. The van der Waals surface area contributed by atoms with Crippen molar-refractivity contribution in [3.8, 4) is 0 Å². The van der Waals surface area contributed by atoms with E-state index in [0.29, 0.717) is 17.8 Å². The molecule has 7 nitrogen and oxygen atoms in total. The Hall–Kier alpha value is -2.44. The van der Waals surface area contributed by atoms with Crippen molar-refractivity contribution in [2.75, 3.05) is 13.2 Å². The first-order valence-corrected chi connectivity index (χ1v) is 8.72. The predicted molar refractivity (Wildman–Crippen MR) is 104 cm³/mol. The van der Waals surface area contributed by atoms with Gasteiger partial charge in [-0.25, -0.2) is 9.59 Å². The maximum absolute atomic E-state index is 11.6. The summed E-state index contributed by atoms with van der Waals surface area (Å²) in [6.07, 6.45) is 4.48. The minimum absolute atomic E-state index is 0.000957. The standard InChI is InChI=1S/C19H33N3O4/c1-7-15(16(20)8-2)13-25-17(23)21-12-10-9-11-14(3)22-18(24)26-19(4,5)6/h7-8,14H,1-2,9-13,20H2,3-6H3,(H,21,23)(H,22,24)/b16-15-. The number of nitrogens with two attached hydrogens (primary N) is 1. The van der Waals surface area contributed by atoms with Crippen LogP contribution < -0.4 is 16.4 Å². The molecule has 0 aliphatic carbocycles. The summed E-state index contributed by atoms with van der Waals surface area (Å²) in [5.74, 6) is 0. The van der Waals surface area contributed by atoms with E-state index in [0.717, 1.165) is 19.3 Å². The van der Waals surface area contributed by atoms with Crippen LogP contribution in [0.1, 0.15) is 47.0 Å². The molecule has 0 aromatic rings. The average Bonchev–Trinajstić information content (AvgIpc) is 2.52. The summed E-state index contributed by atoms with van der Waals surface area (Å²) in [5.41, 5.74) is 6.22. The lowest BCUT2D eigenvalue weighted by Crippen LogP contribution is -2.37. The lowest BCUT2D eigenvalue weighted by atomic mass is 10.1. The molecule has 0 spiro atoms. The van der Waals surface area contributed by atoms with Gasteiger partial charge in [0.05, 0.1) is 0 Å². The number of alkyl carbamates (subject to hydrolysis) is 2. The first kappa shape index (κ1) is 23.6. The van der Waals surface area contributed by atoms with Crippen molar-refractivity contribution < 1.29 is 19.1 Å². The quantitative estimate of drug-likeness (QED) is 0.406. The minimum atomic E-state index is -0.513. The summed E-state index contributed by atoms with van der Waals surface area (Å²) in [7, 11) is 0. The molecular weight excluding hydrogens is 334 g/mol. The number of hydrogen-bond acceptors (Lipinski definition) is 5. The number of amides is 2. The van der Waals surface area contributed by atoms with E-state index >= 15 is 0 Å². The molecule has 0 aliphatic rings. The van der Waals surface area contributed by atoms with Gasteiger partial charge in [-0.05, 0) is 53.0 Å². The maximum atomic E-state index is 11.6.